The number of carbonyl (C=O) groups excluding carboxylic acids is 1. The van der Waals surface area contributed by atoms with Gasteiger partial charge in [0.1, 0.15) is 19.2 Å². The zero-order chi connectivity index (χ0) is 26.2. The Balaban J connectivity index is 2.04. The quantitative estimate of drug-likeness (QED) is 0.174. The summed E-state index contributed by atoms with van der Waals surface area (Å²) in [5.74, 6) is 1.23. The predicted molar refractivity (Wildman–Crippen MR) is 138 cm³/mol. The molecule has 14 heteroatoms. The van der Waals surface area contributed by atoms with Gasteiger partial charge < -0.3 is 19.8 Å². The molecule has 0 bridgehead atoms. The maximum Gasteiger partial charge on any atom is 0.357 e. The second-order valence-corrected chi connectivity index (χ2v) is 12.6. The first-order chi connectivity index (χ1) is 16.2. The summed E-state index contributed by atoms with van der Waals surface area (Å²) in [5, 5.41) is 14.2. The van der Waals surface area contributed by atoms with E-state index in [0.717, 1.165) is 6.42 Å². The Kier molecular flexibility index (Phi) is 7.57. The Morgan fingerprint density at radius 3 is 2.63 bits per heavy atom. The van der Waals surface area contributed by atoms with E-state index in [1.807, 2.05) is 45.4 Å². The molecule has 0 saturated carbocycles. The monoisotopic (exact) mass is 524 g/mol. The second kappa shape index (κ2) is 9.81. The van der Waals surface area contributed by atoms with E-state index in [2.05, 4.69) is 10.1 Å². The number of anilines is 2. The summed E-state index contributed by atoms with van der Waals surface area (Å²) in [7, 11) is -5.42. The fourth-order valence-corrected chi connectivity index (χ4v) is 6.17. The van der Waals surface area contributed by atoms with Crippen molar-refractivity contribution in [1.82, 2.24) is 4.90 Å². The topological polar surface area (TPSA) is 158 Å². The molecule has 0 saturated heterocycles. The summed E-state index contributed by atoms with van der Waals surface area (Å²) in [6, 6.07) is 3.36. The average Bonchev–Trinajstić information content (AvgIpc) is 3.00. The number of nitrogens with one attached hydrogen (secondary N) is 2. The molecular weight excluding hydrogens is 494 g/mol. The van der Waals surface area contributed by atoms with Crippen molar-refractivity contribution >= 4 is 54.1 Å². The molecule has 4 N–H and O–H groups in total. The molecule has 1 aromatic rings. The van der Waals surface area contributed by atoms with Crippen LogP contribution in [0.4, 0.5) is 11.4 Å². The van der Waals surface area contributed by atoms with Crippen LogP contribution < -0.4 is 15.3 Å². The Labute approximate surface area is 206 Å². The number of unbranched alkanes of at least 4 members (excludes halogenated alkanes) is 1. The molecule has 2 aliphatic rings. The highest BCUT2D eigenvalue weighted by molar-refractivity contribution is 7.87. The highest BCUT2D eigenvalue weighted by Gasteiger charge is 2.48. The van der Waals surface area contributed by atoms with Crippen molar-refractivity contribution in [2.24, 2.45) is 10.2 Å². The van der Waals surface area contributed by atoms with E-state index < -0.39 is 35.2 Å². The minimum absolute atomic E-state index is 0.0403. The van der Waals surface area contributed by atoms with Gasteiger partial charge in [-0.2, -0.15) is 13.2 Å². The third-order valence-electron chi connectivity index (χ3n) is 5.65. The number of allylic oxidation sites excluding steroid dienone is 1. The molecular formula is C21H30BN4O7PS. The molecule has 2 atom stereocenters. The Hall–Kier alpha value is -2.60. The van der Waals surface area contributed by atoms with Crippen LogP contribution >= 0.6 is 7.52 Å². The van der Waals surface area contributed by atoms with Crippen molar-refractivity contribution in [3.63, 3.8) is 0 Å². The van der Waals surface area contributed by atoms with Gasteiger partial charge >= 0.3 is 17.8 Å². The third-order valence-corrected chi connectivity index (χ3v) is 8.08. The van der Waals surface area contributed by atoms with E-state index in [9.17, 15) is 22.9 Å². The van der Waals surface area contributed by atoms with Gasteiger partial charge in [-0.15, -0.1) is 5.98 Å². The van der Waals surface area contributed by atoms with E-state index in [4.69, 9.17) is 9.08 Å². The lowest BCUT2D eigenvalue weighted by molar-refractivity contribution is -0.128. The maximum absolute atomic E-state index is 13.6. The molecule has 35 heavy (non-hydrogen) atoms. The van der Waals surface area contributed by atoms with Crippen LogP contribution in [-0.4, -0.2) is 62.3 Å². The summed E-state index contributed by atoms with van der Waals surface area (Å²) in [5.41, 5.74) is -0.369. The van der Waals surface area contributed by atoms with Gasteiger partial charge in [0, 0.05) is 13.7 Å². The zero-order valence-electron chi connectivity index (χ0n) is 20.3. The number of hydrogen-bond acceptors (Lipinski definition) is 7. The lowest BCUT2D eigenvalue weighted by Crippen LogP contribution is -2.44. The first kappa shape index (κ1) is 27.0. The largest absolute Gasteiger partial charge is 0.509 e. The molecule has 1 unspecified atom stereocenters. The van der Waals surface area contributed by atoms with Gasteiger partial charge in [-0.3, -0.25) is 18.6 Å². The fourth-order valence-electron chi connectivity index (χ4n) is 4.21. The highest BCUT2D eigenvalue weighted by atomic mass is 32.2. The predicted octanol–water partition coefficient (Wildman–Crippen LogP) is 2.19. The Bertz CT molecular complexity index is 1270. The summed E-state index contributed by atoms with van der Waals surface area (Å²) < 4.78 is 56.3. The van der Waals surface area contributed by atoms with Gasteiger partial charge in [0.2, 0.25) is 0 Å². The number of aliphatic hydroxyl groups excluding tert-OH is 1. The standard InChI is InChI=1S/C21H30BN4O7PS/c1-21(2,3)18-17(27)16(20(28)26(18)11-7-5-6-10-22)19-23-14-9-8-13(25-35(30,31)32)12-15(14)34(29,24-19)33-4/h6,8-10,12,18,25,27H,5,7,11,22H2,1-4H3,(H,23,24,29)(H,30,31,32)/b10-6-/t18-,34?/m1/s1. The molecule has 1 aromatic carbocycles. The summed E-state index contributed by atoms with van der Waals surface area (Å²) in [6.45, 7) is 6.16. The van der Waals surface area contributed by atoms with E-state index in [1.165, 1.54) is 25.3 Å². The summed E-state index contributed by atoms with van der Waals surface area (Å²) in [6.07, 6.45) is 3.48. The number of aliphatic hydroxyl groups is 1. The van der Waals surface area contributed by atoms with Crippen molar-refractivity contribution < 1.29 is 32.0 Å². The third kappa shape index (κ3) is 5.64. The van der Waals surface area contributed by atoms with E-state index in [-0.39, 0.29) is 33.8 Å². The van der Waals surface area contributed by atoms with E-state index in [0.29, 0.717) is 13.0 Å². The SMILES string of the molecule is B/C=C\CCCN1C(=O)C(C2=NP(=O)(OC)c3cc(NS(=O)(=O)O)ccc3N2)=C(O)[C@@H]1C(C)(C)C. The van der Waals surface area contributed by atoms with Gasteiger partial charge in [-0.05, 0) is 36.5 Å². The van der Waals surface area contributed by atoms with Crippen molar-refractivity contribution in [1.29, 1.82) is 0 Å². The van der Waals surface area contributed by atoms with Gasteiger partial charge in [-0.25, -0.2) is 0 Å². The van der Waals surface area contributed by atoms with Crippen LogP contribution in [0.5, 0.6) is 0 Å². The second-order valence-electron chi connectivity index (χ2n) is 9.32. The molecule has 0 aromatic heterocycles. The smallest absolute Gasteiger partial charge is 0.357 e. The van der Waals surface area contributed by atoms with Gasteiger partial charge in [0.25, 0.3) is 5.91 Å². The number of hydrogen-bond donors (Lipinski definition) is 4. The summed E-state index contributed by atoms with van der Waals surface area (Å²) in [4.78, 5) is 15.1. The first-order valence-corrected chi connectivity index (χ1v) is 14.0. The number of benzene rings is 1. The van der Waals surface area contributed by atoms with Crippen LogP contribution in [0.15, 0.2) is 46.3 Å². The Morgan fingerprint density at radius 2 is 2.06 bits per heavy atom. The first-order valence-electron chi connectivity index (χ1n) is 11.0. The van der Waals surface area contributed by atoms with Gasteiger partial charge in [-0.1, -0.05) is 26.8 Å². The number of fused-ring (bicyclic) bond motifs is 1. The van der Waals surface area contributed by atoms with Gasteiger partial charge in [0.05, 0.1) is 22.7 Å². The molecule has 1 amide bonds. The number of carbonyl (C=O) groups is 1. The van der Waals surface area contributed by atoms with Crippen LogP contribution in [0.1, 0.15) is 33.6 Å². The number of rotatable bonds is 8. The highest BCUT2D eigenvalue weighted by Crippen LogP contribution is 2.52. The van der Waals surface area contributed by atoms with Crippen molar-refractivity contribution in [3.8, 4) is 0 Å². The maximum atomic E-state index is 13.6. The molecule has 2 aliphatic heterocycles. The van der Waals surface area contributed by atoms with Crippen LogP contribution in [0.25, 0.3) is 0 Å². The Morgan fingerprint density at radius 1 is 1.37 bits per heavy atom. The molecule has 11 nitrogen and oxygen atoms in total. The molecule has 3 rings (SSSR count). The minimum atomic E-state index is -4.56. The van der Waals surface area contributed by atoms with Crippen LogP contribution in [0.2, 0.25) is 0 Å². The molecule has 2 heterocycles. The van der Waals surface area contributed by atoms with Crippen molar-refractivity contribution in [2.45, 2.75) is 39.7 Å². The van der Waals surface area contributed by atoms with Crippen molar-refractivity contribution in [3.05, 3.63) is 41.6 Å². The molecule has 0 radical (unpaired) electrons. The van der Waals surface area contributed by atoms with Crippen LogP contribution in [-0.2, 0) is 24.2 Å². The molecule has 0 aliphatic carbocycles. The zero-order valence-corrected chi connectivity index (χ0v) is 22.0. The lowest BCUT2D eigenvalue weighted by atomic mass is 9.85. The minimum Gasteiger partial charge on any atom is -0.509 e. The lowest BCUT2D eigenvalue weighted by Gasteiger charge is -2.35. The average molecular weight is 524 g/mol. The van der Waals surface area contributed by atoms with Gasteiger partial charge in [0.15, 0.2) is 5.84 Å². The van der Waals surface area contributed by atoms with Crippen molar-refractivity contribution in [2.75, 3.05) is 23.7 Å². The molecule has 190 valence electrons. The number of amides is 1. The number of nitrogens with zero attached hydrogens (tertiary/aromatic N) is 2. The fraction of sp³-hybridized carbons (Fsp3) is 0.429. The normalized spacial score (nSPS) is 22.9. The number of amidine groups is 1. The summed E-state index contributed by atoms with van der Waals surface area (Å²) >= 11 is 0. The van der Waals surface area contributed by atoms with Crippen LogP contribution in [0.3, 0.4) is 0 Å². The van der Waals surface area contributed by atoms with E-state index in [1.54, 1.807) is 4.90 Å². The molecule has 0 fully saturated rings. The van der Waals surface area contributed by atoms with Crippen LogP contribution in [0, 0.1) is 5.41 Å². The van der Waals surface area contributed by atoms with E-state index >= 15 is 0 Å². The molecule has 0 spiro atoms.